The van der Waals surface area contributed by atoms with Crippen molar-refractivity contribution in [1.29, 1.82) is 0 Å². The Kier molecular flexibility index (Phi) is 3.43. The number of nitrogens with zero attached hydrogens (tertiary/aromatic N) is 1. The predicted octanol–water partition coefficient (Wildman–Crippen LogP) is 2.68. The molecule has 1 fully saturated rings. The van der Waals surface area contributed by atoms with Crippen LogP contribution in [0.2, 0.25) is 0 Å². The number of pyridine rings is 1. The Morgan fingerprint density at radius 3 is 2.94 bits per heavy atom. The summed E-state index contributed by atoms with van der Waals surface area (Å²) in [6.45, 7) is 2.65. The first kappa shape index (κ1) is 11.4. The number of aromatic nitrogens is 1. The van der Waals surface area contributed by atoms with Gasteiger partial charge in [-0.15, -0.1) is 0 Å². The second-order valence-electron chi connectivity index (χ2n) is 4.04. The normalized spacial score (nSPS) is 14.6. The van der Waals surface area contributed by atoms with Crippen LogP contribution in [-0.4, -0.2) is 17.6 Å². The molecule has 1 aromatic heterocycles. The number of halogens is 1. The van der Waals surface area contributed by atoms with Gasteiger partial charge >= 0.3 is 6.03 Å². The van der Waals surface area contributed by atoms with Crippen molar-refractivity contribution in [2.24, 2.45) is 5.92 Å². The molecule has 0 saturated heterocycles. The highest BCUT2D eigenvalue weighted by molar-refractivity contribution is 9.10. The maximum absolute atomic E-state index is 11.5. The minimum absolute atomic E-state index is 0.180. The fourth-order valence-corrected chi connectivity index (χ4v) is 1.55. The average molecular weight is 284 g/mol. The lowest BCUT2D eigenvalue weighted by Gasteiger charge is -2.07. The highest BCUT2D eigenvalue weighted by atomic mass is 79.9. The van der Waals surface area contributed by atoms with E-state index >= 15 is 0 Å². The number of aryl methyl sites for hydroxylation is 1. The topological polar surface area (TPSA) is 54.0 Å². The molecule has 1 aromatic rings. The van der Waals surface area contributed by atoms with Gasteiger partial charge in [0.15, 0.2) is 0 Å². The number of amides is 2. The molecule has 1 saturated carbocycles. The lowest BCUT2D eigenvalue weighted by Crippen LogP contribution is -2.30. The zero-order chi connectivity index (χ0) is 11.5. The van der Waals surface area contributed by atoms with E-state index in [4.69, 9.17) is 0 Å². The van der Waals surface area contributed by atoms with Gasteiger partial charge in [-0.3, -0.25) is 5.32 Å². The molecule has 4 nitrogen and oxygen atoms in total. The maximum atomic E-state index is 11.5. The van der Waals surface area contributed by atoms with Gasteiger partial charge in [-0.25, -0.2) is 9.78 Å². The van der Waals surface area contributed by atoms with Gasteiger partial charge in [-0.2, -0.15) is 0 Å². The van der Waals surface area contributed by atoms with Crippen LogP contribution in [-0.2, 0) is 0 Å². The number of urea groups is 1. The monoisotopic (exact) mass is 283 g/mol. The number of carbonyl (C=O) groups excluding carboxylic acids is 1. The highest BCUT2D eigenvalue weighted by Crippen LogP contribution is 2.27. The van der Waals surface area contributed by atoms with Crippen LogP contribution in [0.25, 0.3) is 0 Å². The van der Waals surface area contributed by atoms with Crippen molar-refractivity contribution < 1.29 is 4.79 Å². The Bertz CT molecular complexity index is 404. The van der Waals surface area contributed by atoms with Gasteiger partial charge in [0.2, 0.25) is 0 Å². The third kappa shape index (κ3) is 3.20. The maximum Gasteiger partial charge on any atom is 0.320 e. The van der Waals surface area contributed by atoms with E-state index in [2.05, 4.69) is 31.5 Å². The van der Waals surface area contributed by atoms with Crippen molar-refractivity contribution in [2.75, 3.05) is 11.9 Å². The van der Waals surface area contributed by atoms with Crippen molar-refractivity contribution in [3.05, 3.63) is 22.3 Å². The molecule has 0 unspecified atom stereocenters. The summed E-state index contributed by atoms with van der Waals surface area (Å²) in [5.41, 5.74) is 0.861. The van der Waals surface area contributed by atoms with Gasteiger partial charge < -0.3 is 5.32 Å². The molecule has 1 aliphatic carbocycles. The molecule has 2 N–H and O–H groups in total. The molecule has 1 heterocycles. The summed E-state index contributed by atoms with van der Waals surface area (Å²) in [5, 5.41) is 5.54. The van der Waals surface area contributed by atoms with E-state index in [1.165, 1.54) is 12.8 Å². The first-order chi connectivity index (χ1) is 7.65. The number of rotatable bonds is 3. The lowest BCUT2D eigenvalue weighted by atomic mass is 10.4. The van der Waals surface area contributed by atoms with Gasteiger partial charge in [0.25, 0.3) is 0 Å². The zero-order valence-corrected chi connectivity index (χ0v) is 10.7. The van der Waals surface area contributed by atoms with E-state index in [0.717, 1.165) is 16.7 Å². The Balaban J connectivity index is 1.86. The molecule has 5 heteroatoms. The SMILES string of the molecule is Cc1nc(NC(=O)NCC2CC2)ccc1Br. The molecule has 0 bridgehead atoms. The summed E-state index contributed by atoms with van der Waals surface area (Å²) in [4.78, 5) is 15.7. The Morgan fingerprint density at radius 1 is 1.56 bits per heavy atom. The van der Waals surface area contributed by atoms with Gasteiger partial charge in [0.1, 0.15) is 5.82 Å². The fraction of sp³-hybridized carbons (Fsp3) is 0.455. The molecule has 0 aromatic carbocycles. The van der Waals surface area contributed by atoms with Crippen LogP contribution in [0.15, 0.2) is 16.6 Å². The van der Waals surface area contributed by atoms with Gasteiger partial charge in [0.05, 0.1) is 5.69 Å². The van der Waals surface area contributed by atoms with Crippen LogP contribution < -0.4 is 10.6 Å². The molecule has 0 radical (unpaired) electrons. The molecule has 86 valence electrons. The number of hydrogen-bond acceptors (Lipinski definition) is 2. The van der Waals surface area contributed by atoms with Crippen molar-refractivity contribution in [3.8, 4) is 0 Å². The van der Waals surface area contributed by atoms with Gasteiger partial charge in [-0.05, 0) is 53.7 Å². The molecule has 0 aliphatic heterocycles. The third-order valence-corrected chi connectivity index (χ3v) is 3.35. The minimum atomic E-state index is -0.180. The van der Waals surface area contributed by atoms with Crippen molar-refractivity contribution in [2.45, 2.75) is 19.8 Å². The number of nitrogens with one attached hydrogen (secondary N) is 2. The summed E-state index contributed by atoms with van der Waals surface area (Å²) >= 11 is 3.36. The lowest BCUT2D eigenvalue weighted by molar-refractivity contribution is 0.251. The van der Waals surface area contributed by atoms with Crippen LogP contribution in [0.1, 0.15) is 18.5 Å². The van der Waals surface area contributed by atoms with Gasteiger partial charge in [-0.1, -0.05) is 0 Å². The second-order valence-corrected chi connectivity index (χ2v) is 4.90. The first-order valence-corrected chi connectivity index (χ1v) is 6.12. The van der Waals surface area contributed by atoms with Crippen molar-refractivity contribution >= 4 is 27.8 Å². The smallest absolute Gasteiger partial charge is 0.320 e. The summed E-state index contributed by atoms with van der Waals surface area (Å²) in [6, 6.07) is 3.47. The van der Waals surface area contributed by atoms with Crippen LogP contribution in [0, 0.1) is 12.8 Å². The fourth-order valence-electron chi connectivity index (χ4n) is 1.33. The molecule has 1 aliphatic rings. The molecule has 2 rings (SSSR count). The zero-order valence-electron chi connectivity index (χ0n) is 9.09. The number of hydrogen-bond donors (Lipinski definition) is 2. The Morgan fingerprint density at radius 2 is 2.31 bits per heavy atom. The second kappa shape index (κ2) is 4.82. The van der Waals surface area contributed by atoms with E-state index in [9.17, 15) is 4.79 Å². The predicted molar refractivity (Wildman–Crippen MR) is 66.4 cm³/mol. The Hall–Kier alpha value is -1.10. The van der Waals surface area contributed by atoms with Crippen LogP contribution in [0.5, 0.6) is 0 Å². The quantitative estimate of drug-likeness (QED) is 0.896. The van der Waals surface area contributed by atoms with E-state index in [1.54, 1.807) is 6.07 Å². The largest absolute Gasteiger partial charge is 0.338 e. The third-order valence-electron chi connectivity index (χ3n) is 2.51. The van der Waals surface area contributed by atoms with Crippen molar-refractivity contribution in [3.63, 3.8) is 0 Å². The molecule has 0 atom stereocenters. The molecule has 0 spiro atoms. The molecule has 2 amide bonds. The summed E-state index contributed by atoms with van der Waals surface area (Å²) in [5.74, 6) is 1.26. The van der Waals surface area contributed by atoms with Crippen LogP contribution >= 0.6 is 15.9 Å². The summed E-state index contributed by atoms with van der Waals surface area (Å²) in [6.07, 6.45) is 2.46. The summed E-state index contributed by atoms with van der Waals surface area (Å²) < 4.78 is 0.941. The minimum Gasteiger partial charge on any atom is -0.338 e. The molecule has 16 heavy (non-hydrogen) atoms. The Labute approximate surface area is 103 Å². The number of carbonyl (C=O) groups is 1. The molecular weight excluding hydrogens is 270 g/mol. The average Bonchev–Trinajstić information content (AvgIpc) is 3.04. The standard InChI is InChI=1S/C11H14BrN3O/c1-7-9(12)4-5-10(14-7)15-11(16)13-6-8-2-3-8/h4-5,8H,2-3,6H2,1H3,(H2,13,14,15,16). The van der Waals surface area contributed by atoms with Crippen LogP contribution in [0.4, 0.5) is 10.6 Å². The highest BCUT2D eigenvalue weighted by Gasteiger charge is 2.21. The number of anilines is 1. The van der Waals surface area contributed by atoms with Crippen molar-refractivity contribution in [1.82, 2.24) is 10.3 Å². The summed E-state index contributed by atoms with van der Waals surface area (Å²) in [7, 11) is 0. The van der Waals surface area contributed by atoms with E-state index in [-0.39, 0.29) is 6.03 Å². The first-order valence-electron chi connectivity index (χ1n) is 5.33. The van der Waals surface area contributed by atoms with Crippen LogP contribution in [0.3, 0.4) is 0 Å². The van der Waals surface area contributed by atoms with E-state index in [0.29, 0.717) is 11.7 Å². The molecular formula is C11H14BrN3O. The van der Waals surface area contributed by atoms with E-state index < -0.39 is 0 Å². The van der Waals surface area contributed by atoms with Gasteiger partial charge in [0, 0.05) is 11.0 Å². The van der Waals surface area contributed by atoms with E-state index in [1.807, 2.05) is 13.0 Å².